The Hall–Kier alpha value is -1.37. The summed E-state index contributed by atoms with van der Waals surface area (Å²) in [7, 11) is 0. The molecule has 1 fully saturated rings. The zero-order valence-corrected chi connectivity index (χ0v) is 17.7. The van der Waals surface area contributed by atoms with Crippen LogP contribution in [0, 0.1) is 13.8 Å². The van der Waals surface area contributed by atoms with E-state index in [-0.39, 0.29) is 11.9 Å². The van der Waals surface area contributed by atoms with Crippen LogP contribution in [0.3, 0.4) is 0 Å². The van der Waals surface area contributed by atoms with Crippen molar-refractivity contribution in [3.05, 3.63) is 50.7 Å². The molecule has 0 bridgehead atoms. The number of aryl methyl sites for hydroxylation is 1. The predicted molar refractivity (Wildman–Crippen MR) is 107 cm³/mol. The Bertz CT molecular complexity index is 782. The Morgan fingerprint density at radius 1 is 1.19 bits per heavy atom. The van der Waals surface area contributed by atoms with Crippen LogP contribution in [0.2, 0.25) is 5.02 Å². The van der Waals surface area contributed by atoms with Crippen LogP contribution in [0.15, 0.2) is 28.7 Å². The molecule has 140 valence electrons. The first-order valence-corrected chi connectivity index (χ1v) is 10.0. The van der Waals surface area contributed by atoms with Crippen molar-refractivity contribution < 1.29 is 4.79 Å². The van der Waals surface area contributed by atoms with Crippen LogP contribution >= 0.6 is 27.5 Å². The fourth-order valence-electron chi connectivity index (χ4n) is 3.36. The third-order valence-electron chi connectivity index (χ3n) is 4.96. The first-order chi connectivity index (χ1) is 12.4. The second kappa shape index (κ2) is 8.11. The summed E-state index contributed by atoms with van der Waals surface area (Å²) in [5.74, 6) is 0.134. The van der Waals surface area contributed by atoms with Gasteiger partial charge in [-0.05, 0) is 54.4 Å². The number of benzene rings is 1. The zero-order chi connectivity index (χ0) is 18.8. The lowest BCUT2D eigenvalue weighted by molar-refractivity contribution is -0.136. The number of hydrogen-bond acceptors (Lipinski definition) is 3. The van der Waals surface area contributed by atoms with Crippen LogP contribution in [0.5, 0.6) is 0 Å². The van der Waals surface area contributed by atoms with E-state index in [9.17, 15) is 4.79 Å². The lowest BCUT2D eigenvalue weighted by Crippen LogP contribution is -2.50. The van der Waals surface area contributed by atoms with E-state index < -0.39 is 0 Å². The smallest absolute Gasteiger partial charge is 0.247 e. The monoisotopic (exact) mass is 438 g/mol. The molecule has 1 aliphatic heterocycles. The van der Waals surface area contributed by atoms with Crippen molar-refractivity contribution in [2.75, 3.05) is 26.2 Å². The van der Waals surface area contributed by atoms with Gasteiger partial charge in [0.25, 0.3) is 0 Å². The summed E-state index contributed by atoms with van der Waals surface area (Å²) in [6.07, 6.45) is 0. The molecular formula is C19H24BrClN4O. The Morgan fingerprint density at radius 3 is 2.35 bits per heavy atom. The molecule has 1 atom stereocenters. The van der Waals surface area contributed by atoms with E-state index in [1.165, 1.54) is 5.56 Å². The highest BCUT2D eigenvalue weighted by Crippen LogP contribution is 2.24. The largest absolute Gasteiger partial charge is 0.338 e. The van der Waals surface area contributed by atoms with Crippen molar-refractivity contribution in [2.24, 2.45) is 0 Å². The van der Waals surface area contributed by atoms with Gasteiger partial charge in [0, 0.05) is 37.7 Å². The first kappa shape index (κ1) is 19.4. The summed E-state index contributed by atoms with van der Waals surface area (Å²) in [6, 6.07) is 7.67. The summed E-state index contributed by atoms with van der Waals surface area (Å²) in [5.41, 5.74) is 3.15. The second-order valence-electron chi connectivity index (χ2n) is 6.83. The molecule has 2 heterocycles. The molecule has 0 spiro atoms. The number of carbonyl (C=O) groups excluding carboxylic acids is 1. The van der Waals surface area contributed by atoms with E-state index in [1.807, 2.05) is 42.5 Å². The molecular weight excluding hydrogens is 416 g/mol. The summed E-state index contributed by atoms with van der Waals surface area (Å²) in [4.78, 5) is 17.2. The number of carbonyl (C=O) groups is 1. The van der Waals surface area contributed by atoms with E-state index in [1.54, 1.807) is 0 Å². The average molecular weight is 440 g/mol. The molecule has 1 aliphatic rings. The number of aromatic nitrogens is 2. The molecule has 1 unspecified atom stereocenters. The summed E-state index contributed by atoms with van der Waals surface area (Å²) in [5, 5.41) is 5.26. The topological polar surface area (TPSA) is 41.4 Å². The van der Waals surface area contributed by atoms with Crippen molar-refractivity contribution in [1.82, 2.24) is 19.6 Å². The number of amides is 1. The summed E-state index contributed by atoms with van der Waals surface area (Å²) < 4.78 is 2.80. The van der Waals surface area contributed by atoms with Crippen LogP contribution in [0.4, 0.5) is 0 Å². The maximum Gasteiger partial charge on any atom is 0.247 e. The van der Waals surface area contributed by atoms with E-state index in [4.69, 9.17) is 11.6 Å². The van der Waals surface area contributed by atoms with Gasteiger partial charge in [-0.1, -0.05) is 23.7 Å². The molecule has 7 heteroatoms. The van der Waals surface area contributed by atoms with Gasteiger partial charge in [0.15, 0.2) is 0 Å². The van der Waals surface area contributed by atoms with Crippen LogP contribution in [-0.2, 0) is 11.3 Å². The minimum Gasteiger partial charge on any atom is -0.338 e. The molecule has 0 saturated carbocycles. The highest BCUT2D eigenvalue weighted by atomic mass is 79.9. The highest BCUT2D eigenvalue weighted by molar-refractivity contribution is 9.10. The Balaban J connectivity index is 1.57. The third-order valence-corrected chi connectivity index (χ3v) is 6.36. The number of rotatable bonds is 4. The normalized spacial score (nSPS) is 16.7. The average Bonchev–Trinajstić information content (AvgIpc) is 2.90. The number of hydrogen-bond donors (Lipinski definition) is 0. The molecule has 1 aromatic heterocycles. The maximum absolute atomic E-state index is 12.9. The lowest BCUT2D eigenvalue weighted by Gasteiger charge is -2.36. The molecule has 1 aromatic carbocycles. The molecule has 3 rings (SSSR count). The van der Waals surface area contributed by atoms with Gasteiger partial charge < -0.3 is 4.90 Å². The fraction of sp³-hybridized carbons (Fsp3) is 0.474. The Labute approximate surface area is 168 Å². The molecule has 2 aromatic rings. The van der Waals surface area contributed by atoms with Gasteiger partial charge in [-0.3, -0.25) is 14.4 Å². The van der Waals surface area contributed by atoms with Gasteiger partial charge in [-0.15, -0.1) is 0 Å². The Kier molecular flexibility index (Phi) is 6.05. The van der Waals surface area contributed by atoms with Gasteiger partial charge >= 0.3 is 0 Å². The van der Waals surface area contributed by atoms with Crippen molar-refractivity contribution in [3.8, 4) is 0 Å². The maximum atomic E-state index is 12.9. The molecule has 0 N–H and O–H groups in total. The summed E-state index contributed by atoms with van der Waals surface area (Å²) in [6.45, 7) is 9.99. The minimum absolute atomic E-state index is 0.134. The quantitative estimate of drug-likeness (QED) is 0.727. The number of halogens is 2. The molecule has 1 saturated heterocycles. The van der Waals surface area contributed by atoms with Crippen molar-refractivity contribution in [1.29, 1.82) is 0 Å². The van der Waals surface area contributed by atoms with E-state index in [0.29, 0.717) is 0 Å². The van der Waals surface area contributed by atoms with E-state index in [0.717, 1.165) is 53.6 Å². The molecule has 0 radical (unpaired) electrons. The highest BCUT2D eigenvalue weighted by Gasteiger charge is 2.27. The predicted octanol–water partition coefficient (Wildman–Crippen LogP) is 3.82. The lowest BCUT2D eigenvalue weighted by atomic mass is 10.2. The van der Waals surface area contributed by atoms with Gasteiger partial charge in [0.1, 0.15) is 6.04 Å². The molecule has 26 heavy (non-hydrogen) atoms. The molecule has 0 aliphatic carbocycles. The zero-order valence-electron chi connectivity index (χ0n) is 15.4. The van der Waals surface area contributed by atoms with Gasteiger partial charge in [-0.2, -0.15) is 5.10 Å². The van der Waals surface area contributed by atoms with Gasteiger partial charge in [-0.25, -0.2) is 0 Å². The van der Waals surface area contributed by atoms with E-state index >= 15 is 0 Å². The number of nitrogens with zero attached hydrogens (tertiary/aromatic N) is 4. The summed E-state index contributed by atoms with van der Waals surface area (Å²) >= 11 is 9.48. The van der Waals surface area contributed by atoms with Gasteiger partial charge in [0.2, 0.25) is 5.91 Å². The SMILES string of the molecule is Cc1nn(C(C)C(=O)N2CCN(Cc3ccc(Cl)cc3)CC2)c(C)c1Br. The van der Waals surface area contributed by atoms with Crippen molar-refractivity contribution in [3.63, 3.8) is 0 Å². The number of piperazine rings is 1. The molecule has 1 amide bonds. The van der Waals surface area contributed by atoms with Crippen LogP contribution in [-0.4, -0.2) is 51.7 Å². The standard InChI is InChI=1S/C19H24BrClN4O/c1-13-18(20)14(2)25(22-13)15(3)19(26)24-10-8-23(9-11-24)12-16-4-6-17(21)7-5-16/h4-7,15H,8-12H2,1-3H3. The fourth-order valence-corrected chi connectivity index (χ4v) is 3.75. The third kappa shape index (κ3) is 4.13. The Morgan fingerprint density at radius 2 is 1.81 bits per heavy atom. The van der Waals surface area contributed by atoms with Crippen LogP contribution in [0.1, 0.15) is 29.9 Å². The minimum atomic E-state index is -0.289. The first-order valence-electron chi connectivity index (χ1n) is 8.83. The van der Waals surface area contributed by atoms with E-state index in [2.05, 4.69) is 38.1 Å². The second-order valence-corrected chi connectivity index (χ2v) is 8.06. The van der Waals surface area contributed by atoms with Crippen molar-refractivity contribution >= 4 is 33.4 Å². The van der Waals surface area contributed by atoms with Gasteiger partial charge in [0.05, 0.1) is 15.9 Å². The van der Waals surface area contributed by atoms with Crippen molar-refractivity contribution in [2.45, 2.75) is 33.4 Å². The molecule has 5 nitrogen and oxygen atoms in total. The van der Waals surface area contributed by atoms with Crippen LogP contribution in [0.25, 0.3) is 0 Å². The van der Waals surface area contributed by atoms with Crippen LogP contribution < -0.4 is 0 Å².